The second-order valence-corrected chi connectivity index (χ2v) is 1.96. The SMILES string of the molecule is N#CC1=C[CH]CC(C#N)=C1. The molecule has 0 aliphatic heterocycles. The van der Waals surface area contributed by atoms with Gasteiger partial charge in [-0.2, -0.15) is 10.5 Å². The summed E-state index contributed by atoms with van der Waals surface area (Å²) >= 11 is 0. The van der Waals surface area contributed by atoms with Crippen molar-refractivity contribution in [3.05, 3.63) is 29.7 Å². The molecule has 1 rings (SSSR count). The average molecular weight is 129 g/mol. The lowest BCUT2D eigenvalue weighted by molar-refractivity contribution is 1.17. The van der Waals surface area contributed by atoms with Gasteiger partial charge in [0, 0.05) is 11.1 Å². The number of allylic oxidation sites excluding steroid dienone is 4. The van der Waals surface area contributed by atoms with Gasteiger partial charge in [-0.3, -0.25) is 0 Å². The summed E-state index contributed by atoms with van der Waals surface area (Å²) in [5, 5.41) is 16.8. The molecule has 2 heteroatoms. The van der Waals surface area contributed by atoms with Gasteiger partial charge in [-0.25, -0.2) is 0 Å². The van der Waals surface area contributed by atoms with Crippen LogP contribution >= 0.6 is 0 Å². The quantitative estimate of drug-likeness (QED) is 0.497. The summed E-state index contributed by atoms with van der Waals surface area (Å²) in [7, 11) is 0. The maximum Gasteiger partial charge on any atom is 0.0988 e. The number of rotatable bonds is 0. The first-order valence-corrected chi connectivity index (χ1v) is 2.91. The Balaban J connectivity index is 2.86. The third-order valence-electron chi connectivity index (χ3n) is 1.24. The minimum Gasteiger partial charge on any atom is -0.193 e. The van der Waals surface area contributed by atoms with Crippen LogP contribution in [0.15, 0.2) is 23.3 Å². The zero-order valence-corrected chi connectivity index (χ0v) is 5.33. The Morgan fingerprint density at radius 2 is 2.10 bits per heavy atom. The molecule has 0 saturated heterocycles. The predicted octanol–water partition coefficient (Wildman–Crippen LogP) is 1.49. The number of hydrogen-bond donors (Lipinski definition) is 0. The van der Waals surface area contributed by atoms with Crippen LogP contribution in [0.2, 0.25) is 0 Å². The standard InChI is InChI=1S/C8H5N2/c9-5-7-2-1-3-8(4-7)6-10/h1-2,4H,3H2. The van der Waals surface area contributed by atoms with E-state index < -0.39 is 0 Å². The molecule has 0 aromatic heterocycles. The van der Waals surface area contributed by atoms with Crippen molar-refractivity contribution in [2.24, 2.45) is 0 Å². The Hall–Kier alpha value is -1.54. The monoisotopic (exact) mass is 129 g/mol. The fourth-order valence-electron chi connectivity index (χ4n) is 0.755. The van der Waals surface area contributed by atoms with E-state index in [9.17, 15) is 0 Å². The normalized spacial score (nSPS) is 16.2. The van der Waals surface area contributed by atoms with Crippen LogP contribution in [0, 0.1) is 29.1 Å². The second-order valence-electron chi connectivity index (χ2n) is 1.96. The molecule has 1 aliphatic carbocycles. The summed E-state index contributed by atoms with van der Waals surface area (Å²) in [5.41, 5.74) is 1.21. The molecule has 0 spiro atoms. The van der Waals surface area contributed by atoms with Crippen LogP contribution in [0.3, 0.4) is 0 Å². The highest BCUT2D eigenvalue weighted by Gasteiger charge is 2.02. The zero-order valence-electron chi connectivity index (χ0n) is 5.33. The lowest BCUT2D eigenvalue weighted by atomic mass is 10.0. The maximum atomic E-state index is 8.43. The van der Waals surface area contributed by atoms with Crippen LogP contribution in [0.4, 0.5) is 0 Å². The maximum absolute atomic E-state index is 8.43. The largest absolute Gasteiger partial charge is 0.193 e. The smallest absolute Gasteiger partial charge is 0.0988 e. The van der Waals surface area contributed by atoms with E-state index in [-0.39, 0.29) is 0 Å². The fraction of sp³-hybridized carbons (Fsp3) is 0.125. The summed E-state index contributed by atoms with van der Waals surface area (Å²) in [6, 6.07) is 3.98. The van der Waals surface area contributed by atoms with Crippen molar-refractivity contribution < 1.29 is 0 Å². The van der Waals surface area contributed by atoms with E-state index in [2.05, 4.69) is 0 Å². The number of hydrogen-bond acceptors (Lipinski definition) is 2. The molecule has 10 heavy (non-hydrogen) atoms. The molecule has 0 bridgehead atoms. The molecule has 2 nitrogen and oxygen atoms in total. The van der Waals surface area contributed by atoms with E-state index in [1.165, 1.54) is 0 Å². The molecule has 0 aromatic carbocycles. The first-order chi connectivity index (χ1) is 4.86. The van der Waals surface area contributed by atoms with Crippen LogP contribution in [-0.2, 0) is 0 Å². The third kappa shape index (κ3) is 1.24. The van der Waals surface area contributed by atoms with Gasteiger partial charge in [-0.15, -0.1) is 0 Å². The number of nitriles is 2. The van der Waals surface area contributed by atoms with Crippen LogP contribution in [0.25, 0.3) is 0 Å². The van der Waals surface area contributed by atoms with Gasteiger partial charge in [0.1, 0.15) is 0 Å². The van der Waals surface area contributed by atoms with Crippen molar-refractivity contribution in [3.63, 3.8) is 0 Å². The Morgan fingerprint density at radius 1 is 1.30 bits per heavy atom. The Morgan fingerprint density at radius 3 is 2.70 bits per heavy atom. The van der Waals surface area contributed by atoms with Crippen molar-refractivity contribution in [3.8, 4) is 12.1 Å². The van der Waals surface area contributed by atoms with Crippen LogP contribution < -0.4 is 0 Å². The summed E-state index contributed by atoms with van der Waals surface area (Å²) in [5.74, 6) is 0. The van der Waals surface area contributed by atoms with Crippen LogP contribution in [-0.4, -0.2) is 0 Å². The molecular formula is C8H5N2. The summed E-state index contributed by atoms with van der Waals surface area (Å²) in [4.78, 5) is 0. The van der Waals surface area contributed by atoms with E-state index in [4.69, 9.17) is 10.5 Å². The van der Waals surface area contributed by atoms with Crippen molar-refractivity contribution in [1.82, 2.24) is 0 Å². The Bertz CT molecular complexity index is 271. The lowest BCUT2D eigenvalue weighted by Gasteiger charge is -2.00. The van der Waals surface area contributed by atoms with E-state index in [1.807, 2.05) is 18.6 Å². The summed E-state index contributed by atoms with van der Waals surface area (Å²) in [6.07, 6.45) is 5.81. The van der Waals surface area contributed by atoms with Gasteiger partial charge >= 0.3 is 0 Å². The van der Waals surface area contributed by atoms with Gasteiger partial charge in [-0.1, -0.05) is 6.08 Å². The molecule has 1 radical (unpaired) electrons. The van der Waals surface area contributed by atoms with E-state index >= 15 is 0 Å². The fourth-order valence-corrected chi connectivity index (χ4v) is 0.755. The van der Waals surface area contributed by atoms with Crippen molar-refractivity contribution in [1.29, 1.82) is 10.5 Å². The van der Waals surface area contributed by atoms with Crippen molar-refractivity contribution in [2.45, 2.75) is 6.42 Å². The van der Waals surface area contributed by atoms with Gasteiger partial charge < -0.3 is 0 Å². The van der Waals surface area contributed by atoms with Crippen molar-refractivity contribution >= 4 is 0 Å². The Labute approximate surface area is 59.7 Å². The predicted molar refractivity (Wildman–Crippen MR) is 36.3 cm³/mol. The molecule has 0 fully saturated rings. The second kappa shape index (κ2) is 2.85. The topological polar surface area (TPSA) is 47.6 Å². The highest BCUT2D eigenvalue weighted by molar-refractivity contribution is 5.45. The molecule has 0 N–H and O–H groups in total. The molecule has 47 valence electrons. The van der Waals surface area contributed by atoms with E-state index in [1.54, 1.807) is 12.2 Å². The first kappa shape index (κ1) is 6.58. The van der Waals surface area contributed by atoms with Gasteiger partial charge in [-0.05, 0) is 18.9 Å². The molecule has 1 aliphatic rings. The number of nitrogens with zero attached hydrogens (tertiary/aromatic N) is 2. The summed E-state index contributed by atoms with van der Waals surface area (Å²) < 4.78 is 0. The van der Waals surface area contributed by atoms with Crippen LogP contribution in [0.5, 0.6) is 0 Å². The zero-order chi connectivity index (χ0) is 7.40. The molecule has 0 atom stereocenters. The molecule has 0 saturated carbocycles. The molecule has 0 heterocycles. The first-order valence-electron chi connectivity index (χ1n) is 2.91. The third-order valence-corrected chi connectivity index (χ3v) is 1.24. The highest BCUT2D eigenvalue weighted by atomic mass is 14.3. The van der Waals surface area contributed by atoms with Gasteiger partial charge in [0.15, 0.2) is 0 Å². The van der Waals surface area contributed by atoms with Crippen molar-refractivity contribution in [2.75, 3.05) is 0 Å². The van der Waals surface area contributed by atoms with E-state index in [0.29, 0.717) is 17.6 Å². The molecular weight excluding hydrogens is 124 g/mol. The average Bonchev–Trinajstić information content (AvgIpc) is 2.05. The Kier molecular flexibility index (Phi) is 1.87. The molecule has 0 aromatic rings. The van der Waals surface area contributed by atoms with Gasteiger partial charge in [0.25, 0.3) is 0 Å². The minimum absolute atomic E-state index is 0.558. The minimum atomic E-state index is 0.558. The molecule has 0 unspecified atom stereocenters. The van der Waals surface area contributed by atoms with Crippen LogP contribution in [0.1, 0.15) is 6.42 Å². The highest BCUT2D eigenvalue weighted by Crippen LogP contribution is 2.14. The van der Waals surface area contributed by atoms with Gasteiger partial charge in [0.2, 0.25) is 0 Å². The molecule has 0 amide bonds. The lowest BCUT2D eigenvalue weighted by Crippen LogP contribution is -1.88. The van der Waals surface area contributed by atoms with E-state index in [0.717, 1.165) is 0 Å². The van der Waals surface area contributed by atoms with Gasteiger partial charge in [0.05, 0.1) is 12.1 Å². The summed E-state index contributed by atoms with van der Waals surface area (Å²) in [6.45, 7) is 0.